The normalized spacial score (nSPS) is 18.2. The van der Waals surface area contributed by atoms with Crippen molar-refractivity contribution in [1.29, 1.82) is 0 Å². The molecule has 5 nitrogen and oxygen atoms in total. The summed E-state index contributed by atoms with van der Waals surface area (Å²) in [6, 6.07) is 8.82. The lowest BCUT2D eigenvalue weighted by Gasteiger charge is -2.41. The van der Waals surface area contributed by atoms with Crippen molar-refractivity contribution in [2.45, 2.75) is 25.4 Å². The standard InChI is InChI=1S/C16H25N3O2/c1-16(2,19-8-10-21-11-9-19)12-18-15(20)14(17)13-6-4-3-5-7-13/h3-7,14H,8-12,17H2,1-2H3,(H,18,20). The number of nitrogens with two attached hydrogens (primary N) is 1. The summed E-state index contributed by atoms with van der Waals surface area (Å²) in [6.45, 7) is 8.13. The maximum absolute atomic E-state index is 12.2. The van der Waals surface area contributed by atoms with Gasteiger partial charge in [-0.3, -0.25) is 9.69 Å². The molecule has 0 saturated carbocycles. The zero-order chi connectivity index (χ0) is 15.3. The maximum atomic E-state index is 12.2. The topological polar surface area (TPSA) is 67.6 Å². The van der Waals surface area contributed by atoms with E-state index in [4.69, 9.17) is 10.5 Å². The fourth-order valence-electron chi connectivity index (χ4n) is 2.51. The van der Waals surface area contributed by atoms with Crippen molar-refractivity contribution in [3.05, 3.63) is 35.9 Å². The molecule has 0 spiro atoms. The van der Waals surface area contributed by atoms with Crippen molar-refractivity contribution < 1.29 is 9.53 Å². The van der Waals surface area contributed by atoms with Crippen molar-refractivity contribution in [2.75, 3.05) is 32.8 Å². The summed E-state index contributed by atoms with van der Waals surface area (Å²) in [5.41, 5.74) is 6.73. The number of carbonyl (C=O) groups excluding carboxylic acids is 1. The van der Waals surface area contributed by atoms with Gasteiger partial charge >= 0.3 is 0 Å². The van der Waals surface area contributed by atoms with Gasteiger partial charge in [-0.15, -0.1) is 0 Å². The Morgan fingerprint density at radius 2 is 1.95 bits per heavy atom. The minimum atomic E-state index is -0.619. The Morgan fingerprint density at radius 3 is 2.57 bits per heavy atom. The van der Waals surface area contributed by atoms with Crippen LogP contribution in [0.4, 0.5) is 0 Å². The molecular weight excluding hydrogens is 266 g/mol. The van der Waals surface area contributed by atoms with Gasteiger partial charge in [-0.1, -0.05) is 30.3 Å². The third-order valence-electron chi connectivity index (χ3n) is 4.00. The van der Waals surface area contributed by atoms with Crippen molar-refractivity contribution in [3.63, 3.8) is 0 Å². The number of morpholine rings is 1. The fourth-order valence-corrected chi connectivity index (χ4v) is 2.51. The summed E-state index contributed by atoms with van der Waals surface area (Å²) in [4.78, 5) is 14.5. The summed E-state index contributed by atoms with van der Waals surface area (Å²) in [5, 5.41) is 2.97. The van der Waals surface area contributed by atoms with E-state index in [0.29, 0.717) is 6.54 Å². The molecule has 1 heterocycles. The van der Waals surface area contributed by atoms with Crippen LogP contribution < -0.4 is 11.1 Å². The minimum Gasteiger partial charge on any atom is -0.379 e. The quantitative estimate of drug-likeness (QED) is 0.846. The molecule has 1 aromatic carbocycles. The lowest BCUT2D eigenvalue weighted by Crippen LogP contribution is -2.56. The van der Waals surface area contributed by atoms with Gasteiger partial charge in [0.2, 0.25) is 5.91 Å². The van der Waals surface area contributed by atoms with Crippen LogP contribution in [0.1, 0.15) is 25.5 Å². The molecule has 0 bridgehead atoms. The molecular formula is C16H25N3O2. The largest absolute Gasteiger partial charge is 0.379 e. The Kier molecular flexibility index (Phi) is 5.33. The monoisotopic (exact) mass is 291 g/mol. The number of amides is 1. The van der Waals surface area contributed by atoms with E-state index in [9.17, 15) is 4.79 Å². The molecule has 116 valence electrons. The highest BCUT2D eigenvalue weighted by molar-refractivity contribution is 5.82. The van der Waals surface area contributed by atoms with Crippen LogP contribution in [0.3, 0.4) is 0 Å². The van der Waals surface area contributed by atoms with Crippen LogP contribution in [0.2, 0.25) is 0 Å². The number of nitrogens with zero attached hydrogens (tertiary/aromatic N) is 1. The van der Waals surface area contributed by atoms with Gasteiger partial charge < -0.3 is 15.8 Å². The van der Waals surface area contributed by atoms with E-state index in [1.807, 2.05) is 30.3 Å². The van der Waals surface area contributed by atoms with E-state index >= 15 is 0 Å². The lowest BCUT2D eigenvalue weighted by atomic mass is 10.0. The molecule has 1 aliphatic rings. The van der Waals surface area contributed by atoms with E-state index in [-0.39, 0.29) is 11.4 Å². The molecule has 21 heavy (non-hydrogen) atoms. The minimum absolute atomic E-state index is 0.101. The first-order chi connectivity index (χ1) is 10.0. The molecule has 1 aliphatic heterocycles. The van der Waals surface area contributed by atoms with Crippen molar-refractivity contribution >= 4 is 5.91 Å². The Hall–Kier alpha value is -1.43. The molecule has 2 rings (SSSR count). The molecule has 3 N–H and O–H groups in total. The molecule has 1 atom stereocenters. The van der Waals surface area contributed by atoms with Crippen LogP contribution in [0.25, 0.3) is 0 Å². The second-order valence-corrected chi connectivity index (χ2v) is 6.02. The second kappa shape index (κ2) is 7.02. The Labute approximate surface area is 126 Å². The highest BCUT2D eigenvalue weighted by atomic mass is 16.5. The molecule has 0 aliphatic carbocycles. The first kappa shape index (κ1) is 15.9. The number of benzene rings is 1. The Balaban J connectivity index is 1.88. The zero-order valence-electron chi connectivity index (χ0n) is 12.8. The third-order valence-corrected chi connectivity index (χ3v) is 4.00. The van der Waals surface area contributed by atoms with Gasteiger partial charge in [-0.25, -0.2) is 0 Å². The van der Waals surface area contributed by atoms with Crippen LogP contribution >= 0.6 is 0 Å². The molecule has 1 aromatic rings. The summed E-state index contributed by atoms with van der Waals surface area (Å²) in [5.74, 6) is -0.137. The number of rotatable bonds is 5. The van der Waals surface area contributed by atoms with Gasteiger partial charge in [0.25, 0.3) is 0 Å². The summed E-state index contributed by atoms with van der Waals surface area (Å²) >= 11 is 0. The van der Waals surface area contributed by atoms with Crippen LogP contribution in [0.5, 0.6) is 0 Å². The predicted octanol–water partition coefficient (Wildman–Crippen LogP) is 0.913. The van der Waals surface area contributed by atoms with E-state index in [2.05, 4.69) is 24.1 Å². The van der Waals surface area contributed by atoms with Crippen molar-refractivity contribution in [1.82, 2.24) is 10.2 Å². The number of hydrogen-bond acceptors (Lipinski definition) is 4. The Bertz CT molecular complexity index is 456. The number of ether oxygens (including phenoxy) is 1. The van der Waals surface area contributed by atoms with Gasteiger partial charge in [-0.05, 0) is 19.4 Å². The van der Waals surface area contributed by atoms with Gasteiger partial charge in [-0.2, -0.15) is 0 Å². The van der Waals surface area contributed by atoms with Crippen LogP contribution in [0.15, 0.2) is 30.3 Å². The Morgan fingerprint density at radius 1 is 1.33 bits per heavy atom. The molecule has 1 unspecified atom stereocenters. The fraction of sp³-hybridized carbons (Fsp3) is 0.562. The van der Waals surface area contributed by atoms with E-state index in [1.54, 1.807) is 0 Å². The molecule has 1 fully saturated rings. The zero-order valence-corrected chi connectivity index (χ0v) is 12.8. The second-order valence-electron chi connectivity index (χ2n) is 6.02. The van der Waals surface area contributed by atoms with Gasteiger partial charge in [0.15, 0.2) is 0 Å². The third kappa shape index (κ3) is 4.27. The van der Waals surface area contributed by atoms with Gasteiger partial charge in [0, 0.05) is 25.2 Å². The first-order valence-corrected chi connectivity index (χ1v) is 7.42. The van der Waals surface area contributed by atoms with Crippen molar-refractivity contribution in [3.8, 4) is 0 Å². The van der Waals surface area contributed by atoms with Gasteiger partial charge in [0.1, 0.15) is 6.04 Å². The number of carbonyl (C=O) groups is 1. The highest BCUT2D eigenvalue weighted by Crippen LogP contribution is 2.16. The summed E-state index contributed by atoms with van der Waals surface area (Å²) in [6.07, 6.45) is 0. The number of hydrogen-bond donors (Lipinski definition) is 2. The first-order valence-electron chi connectivity index (χ1n) is 7.42. The molecule has 0 radical (unpaired) electrons. The van der Waals surface area contributed by atoms with Crippen LogP contribution in [-0.2, 0) is 9.53 Å². The average molecular weight is 291 g/mol. The maximum Gasteiger partial charge on any atom is 0.241 e. The van der Waals surface area contributed by atoms with Crippen LogP contribution in [-0.4, -0.2) is 49.2 Å². The molecule has 0 aromatic heterocycles. The average Bonchev–Trinajstić information content (AvgIpc) is 2.53. The predicted molar refractivity (Wildman–Crippen MR) is 82.9 cm³/mol. The summed E-state index contributed by atoms with van der Waals surface area (Å²) in [7, 11) is 0. The highest BCUT2D eigenvalue weighted by Gasteiger charge is 2.29. The van der Waals surface area contributed by atoms with Gasteiger partial charge in [0.05, 0.1) is 13.2 Å². The van der Waals surface area contributed by atoms with E-state index in [1.165, 1.54) is 0 Å². The smallest absolute Gasteiger partial charge is 0.241 e. The summed E-state index contributed by atoms with van der Waals surface area (Å²) < 4.78 is 5.37. The number of nitrogens with one attached hydrogen (secondary N) is 1. The van der Waals surface area contributed by atoms with E-state index in [0.717, 1.165) is 31.9 Å². The van der Waals surface area contributed by atoms with Crippen molar-refractivity contribution in [2.24, 2.45) is 5.73 Å². The SMILES string of the molecule is CC(C)(CNC(=O)C(N)c1ccccc1)N1CCOCC1. The van der Waals surface area contributed by atoms with E-state index < -0.39 is 6.04 Å². The van der Waals surface area contributed by atoms with Crippen LogP contribution in [0, 0.1) is 0 Å². The molecule has 1 amide bonds. The lowest BCUT2D eigenvalue weighted by molar-refractivity contribution is -0.123. The molecule has 5 heteroatoms. The molecule has 1 saturated heterocycles.